The molecule has 1 heterocycles. The second-order valence-electron chi connectivity index (χ2n) is 7.08. The number of hydrogen-bond acceptors (Lipinski definition) is 6. The molecule has 2 aromatic carbocycles. The summed E-state index contributed by atoms with van der Waals surface area (Å²) < 4.78 is 36.6. The van der Waals surface area contributed by atoms with E-state index >= 15 is 0 Å². The van der Waals surface area contributed by atoms with Crippen LogP contribution in [0, 0.1) is 0 Å². The average molecular weight is 483 g/mol. The third-order valence-electron chi connectivity index (χ3n) is 5.17. The molecular formula is C21H27BrN2O4S. The molecule has 1 saturated heterocycles. The van der Waals surface area contributed by atoms with Gasteiger partial charge in [0.2, 0.25) is 0 Å². The van der Waals surface area contributed by atoms with Crippen molar-refractivity contribution in [1.29, 1.82) is 0 Å². The Hall–Kier alpha value is -1.61. The van der Waals surface area contributed by atoms with Crippen LogP contribution in [0.4, 0.5) is 0 Å². The van der Waals surface area contributed by atoms with Gasteiger partial charge >= 0.3 is 0 Å². The number of nitrogens with zero attached hydrogens (tertiary/aromatic N) is 2. The molecule has 1 aliphatic rings. The number of halogens is 1. The lowest BCUT2D eigenvalue weighted by molar-refractivity contribution is 0.132. The highest BCUT2D eigenvalue weighted by Gasteiger charge is 2.21. The van der Waals surface area contributed by atoms with E-state index in [9.17, 15) is 8.42 Å². The minimum absolute atomic E-state index is 0.143. The van der Waals surface area contributed by atoms with Crippen LogP contribution in [0.15, 0.2) is 51.8 Å². The highest BCUT2D eigenvalue weighted by atomic mass is 79.9. The SMILES string of the molecule is COc1ccc(CN2CCN(CCS(=O)(=O)c3ccc(Br)cc3)CC2)cc1OC. The topological polar surface area (TPSA) is 59.1 Å². The number of sulfone groups is 1. The maximum absolute atomic E-state index is 12.5. The van der Waals surface area contributed by atoms with Gasteiger partial charge in [0, 0.05) is 43.7 Å². The van der Waals surface area contributed by atoms with Gasteiger partial charge in [-0.05, 0) is 42.0 Å². The molecule has 0 atom stereocenters. The molecule has 0 saturated carbocycles. The fourth-order valence-corrected chi connectivity index (χ4v) is 4.97. The zero-order chi connectivity index (χ0) is 20.9. The lowest BCUT2D eigenvalue weighted by Crippen LogP contribution is -2.47. The molecular weight excluding hydrogens is 456 g/mol. The highest BCUT2D eigenvalue weighted by molar-refractivity contribution is 9.10. The summed E-state index contributed by atoms with van der Waals surface area (Å²) in [5.41, 5.74) is 1.17. The van der Waals surface area contributed by atoms with Gasteiger partial charge in [0.25, 0.3) is 0 Å². The lowest BCUT2D eigenvalue weighted by Gasteiger charge is -2.34. The van der Waals surface area contributed by atoms with Crippen molar-refractivity contribution in [3.05, 3.63) is 52.5 Å². The molecule has 6 nitrogen and oxygen atoms in total. The van der Waals surface area contributed by atoms with Crippen molar-refractivity contribution in [2.45, 2.75) is 11.4 Å². The van der Waals surface area contributed by atoms with Crippen LogP contribution in [-0.2, 0) is 16.4 Å². The first-order chi connectivity index (χ1) is 13.9. The van der Waals surface area contributed by atoms with Gasteiger partial charge < -0.3 is 9.47 Å². The van der Waals surface area contributed by atoms with Crippen molar-refractivity contribution in [1.82, 2.24) is 9.80 Å². The van der Waals surface area contributed by atoms with Crippen molar-refractivity contribution >= 4 is 25.8 Å². The Balaban J connectivity index is 1.49. The maximum atomic E-state index is 12.5. The van der Waals surface area contributed by atoms with E-state index in [-0.39, 0.29) is 5.75 Å². The van der Waals surface area contributed by atoms with Crippen LogP contribution in [-0.4, -0.2) is 70.9 Å². The highest BCUT2D eigenvalue weighted by Crippen LogP contribution is 2.28. The van der Waals surface area contributed by atoms with Gasteiger partial charge in [-0.3, -0.25) is 9.80 Å². The lowest BCUT2D eigenvalue weighted by atomic mass is 10.1. The quantitative estimate of drug-likeness (QED) is 0.576. The van der Waals surface area contributed by atoms with E-state index in [2.05, 4.69) is 31.8 Å². The summed E-state index contributed by atoms with van der Waals surface area (Å²) in [6, 6.07) is 12.8. The summed E-state index contributed by atoms with van der Waals surface area (Å²) in [4.78, 5) is 4.98. The Kier molecular flexibility index (Phi) is 7.56. The van der Waals surface area contributed by atoms with E-state index in [0.29, 0.717) is 11.4 Å². The summed E-state index contributed by atoms with van der Waals surface area (Å²) in [6.07, 6.45) is 0. The van der Waals surface area contributed by atoms with Gasteiger partial charge in [0.05, 0.1) is 24.9 Å². The minimum Gasteiger partial charge on any atom is -0.493 e. The first-order valence-corrected chi connectivity index (χ1v) is 12.0. The zero-order valence-corrected chi connectivity index (χ0v) is 19.2. The molecule has 1 aliphatic heterocycles. The Morgan fingerprint density at radius 1 is 0.897 bits per heavy atom. The van der Waals surface area contributed by atoms with Crippen molar-refractivity contribution in [3.8, 4) is 11.5 Å². The van der Waals surface area contributed by atoms with E-state index in [1.165, 1.54) is 5.56 Å². The molecule has 29 heavy (non-hydrogen) atoms. The summed E-state index contributed by atoms with van der Waals surface area (Å²) in [6.45, 7) is 4.94. The summed E-state index contributed by atoms with van der Waals surface area (Å²) in [5, 5.41) is 0. The second-order valence-corrected chi connectivity index (χ2v) is 10.1. The monoisotopic (exact) mass is 482 g/mol. The van der Waals surface area contributed by atoms with Gasteiger partial charge in [-0.25, -0.2) is 8.42 Å². The van der Waals surface area contributed by atoms with E-state index in [0.717, 1.165) is 48.7 Å². The maximum Gasteiger partial charge on any atom is 0.179 e. The van der Waals surface area contributed by atoms with Gasteiger partial charge in [-0.2, -0.15) is 0 Å². The first kappa shape index (κ1) is 22.1. The Morgan fingerprint density at radius 3 is 2.14 bits per heavy atom. The molecule has 0 bridgehead atoms. The molecule has 0 N–H and O–H groups in total. The molecule has 8 heteroatoms. The summed E-state index contributed by atoms with van der Waals surface area (Å²) >= 11 is 3.34. The second kappa shape index (κ2) is 9.93. The molecule has 0 aliphatic carbocycles. The van der Waals surface area contributed by atoms with E-state index < -0.39 is 9.84 Å². The van der Waals surface area contributed by atoms with Crippen LogP contribution in [0.1, 0.15) is 5.56 Å². The van der Waals surface area contributed by atoms with Crippen molar-refractivity contribution in [3.63, 3.8) is 0 Å². The van der Waals surface area contributed by atoms with Crippen LogP contribution in [0.25, 0.3) is 0 Å². The van der Waals surface area contributed by atoms with Crippen LogP contribution in [0.2, 0.25) is 0 Å². The molecule has 1 fully saturated rings. The normalized spacial score (nSPS) is 16.0. The Bertz CT molecular complexity index is 911. The van der Waals surface area contributed by atoms with E-state index in [4.69, 9.17) is 9.47 Å². The van der Waals surface area contributed by atoms with Crippen LogP contribution in [0.5, 0.6) is 11.5 Å². The predicted octanol–water partition coefficient (Wildman–Crippen LogP) is 3.06. The zero-order valence-electron chi connectivity index (χ0n) is 16.8. The number of benzene rings is 2. The van der Waals surface area contributed by atoms with Crippen LogP contribution < -0.4 is 9.47 Å². The Labute approximate surface area is 181 Å². The third kappa shape index (κ3) is 5.94. The largest absolute Gasteiger partial charge is 0.493 e. The molecule has 158 valence electrons. The van der Waals surface area contributed by atoms with Gasteiger partial charge in [0.1, 0.15) is 0 Å². The molecule has 0 aromatic heterocycles. The molecule has 0 spiro atoms. The van der Waals surface area contributed by atoms with Crippen molar-refractivity contribution in [2.24, 2.45) is 0 Å². The number of ether oxygens (including phenoxy) is 2. The smallest absolute Gasteiger partial charge is 0.179 e. The molecule has 0 radical (unpaired) electrons. The van der Waals surface area contributed by atoms with Gasteiger partial charge in [-0.15, -0.1) is 0 Å². The van der Waals surface area contributed by atoms with E-state index in [1.54, 1.807) is 38.5 Å². The first-order valence-electron chi connectivity index (χ1n) is 9.55. The van der Waals surface area contributed by atoms with Crippen molar-refractivity contribution < 1.29 is 17.9 Å². The average Bonchev–Trinajstić information content (AvgIpc) is 2.73. The van der Waals surface area contributed by atoms with Gasteiger partial charge in [0.15, 0.2) is 21.3 Å². The summed E-state index contributed by atoms with van der Waals surface area (Å²) in [7, 11) is 0.0195. The predicted molar refractivity (Wildman–Crippen MR) is 117 cm³/mol. The third-order valence-corrected chi connectivity index (χ3v) is 7.41. The van der Waals surface area contributed by atoms with Crippen LogP contribution >= 0.6 is 15.9 Å². The number of hydrogen-bond donors (Lipinski definition) is 0. The standard InChI is InChI=1S/C21H27BrN2O4S/c1-27-20-8-3-17(15-21(20)28-2)16-24-11-9-23(10-12-24)13-14-29(25,26)19-6-4-18(22)5-7-19/h3-8,15H,9-14,16H2,1-2H3. The van der Waals surface area contributed by atoms with Crippen molar-refractivity contribution in [2.75, 3.05) is 52.7 Å². The fourth-order valence-electron chi connectivity index (χ4n) is 3.42. The fraction of sp³-hybridized carbons (Fsp3) is 0.429. The van der Waals surface area contributed by atoms with Crippen LogP contribution in [0.3, 0.4) is 0 Å². The Morgan fingerprint density at radius 2 is 1.52 bits per heavy atom. The molecule has 3 rings (SSSR count). The molecule has 0 unspecified atom stereocenters. The molecule has 2 aromatic rings. The number of rotatable bonds is 8. The van der Waals surface area contributed by atoms with E-state index in [1.807, 2.05) is 12.1 Å². The minimum atomic E-state index is -3.25. The molecule has 0 amide bonds. The number of piperazine rings is 1. The summed E-state index contributed by atoms with van der Waals surface area (Å²) in [5.74, 6) is 1.61. The number of methoxy groups -OCH3 is 2. The van der Waals surface area contributed by atoms with Gasteiger partial charge in [-0.1, -0.05) is 22.0 Å².